The predicted octanol–water partition coefficient (Wildman–Crippen LogP) is 4.04. The minimum absolute atomic E-state index is 0.0941. The molecule has 1 aliphatic carbocycles. The lowest BCUT2D eigenvalue weighted by atomic mass is 9.96. The number of fused-ring (bicyclic) bond motifs is 2. The van der Waals surface area contributed by atoms with Gasteiger partial charge in [-0.25, -0.2) is 0 Å². The van der Waals surface area contributed by atoms with Crippen molar-refractivity contribution in [2.75, 3.05) is 0 Å². The van der Waals surface area contributed by atoms with Crippen LogP contribution in [0.5, 0.6) is 0 Å². The summed E-state index contributed by atoms with van der Waals surface area (Å²) < 4.78 is 0.797. The molecule has 3 rings (SSSR count). The van der Waals surface area contributed by atoms with Crippen LogP contribution in [0.4, 0.5) is 5.69 Å². The van der Waals surface area contributed by atoms with Crippen LogP contribution in [0, 0.1) is 17.0 Å². The van der Waals surface area contributed by atoms with Gasteiger partial charge in [-0.05, 0) is 58.5 Å². The topological polar surface area (TPSA) is 73.1 Å². The van der Waals surface area contributed by atoms with Crippen molar-refractivity contribution >= 4 is 39.0 Å². The second kappa shape index (κ2) is 5.44. The molecule has 1 aromatic heterocycles. The van der Waals surface area contributed by atoms with Gasteiger partial charge < -0.3 is 0 Å². The fraction of sp³-hybridized carbons (Fsp3) is 0.200. The largest absolute Gasteiger partial charge is 0.288 e. The van der Waals surface area contributed by atoms with Gasteiger partial charge in [-0.1, -0.05) is 11.6 Å². The first-order valence-electron chi connectivity index (χ1n) is 6.55. The molecule has 0 fully saturated rings. The maximum Gasteiger partial charge on any atom is 0.288 e. The lowest BCUT2D eigenvalue weighted by Gasteiger charge is -2.10. The lowest BCUT2D eigenvalue weighted by Crippen LogP contribution is -2.09. The number of nitro groups is 1. The molecule has 2 aromatic rings. The highest BCUT2D eigenvalue weighted by atomic mass is 79.9. The van der Waals surface area contributed by atoms with E-state index < -0.39 is 4.92 Å². The molecule has 0 unspecified atom stereocenters. The molecule has 112 valence electrons. The maximum absolute atomic E-state index is 12.7. The Hall–Kier alpha value is -1.79. The van der Waals surface area contributed by atoms with Crippen LogP contribution < -0.4 is 0 Å². The Kier molecular flexibility index (Phi) is 3.74. The SMILES string of the molecule is Cc1c(Cl)c([N+](=O)[O-])cc2c1CCc1cc(Br)cnc1C2=O. The molecule has 0 saturated carbocycles. The molecule has 1 aliphatic rings. The predicted molar refractivity (Wildman–Crippen MR) is 85.6 cm³/mol. The zero-order valence-corrected chi connectivity index (χ0v) is 13.9. The minimum Gasteiger partial charge on any atom is -0.287 e. The fourth-order valence-corrected chi connectivity index (χ4v) is 3.35. The zero-order chi connectivity index (χ0) is 16.0. The highest BCUT2D eigenvalue weighted by molar-refractivity contribution is 9.10. The van der Waals surface area contributed by atoms with Crippen LogP contribution in [0.1, 0.15) is 32.7 Å². The number of carbonyl (C=O) groups is 1. The monoisotopic (exact) mass is 380 g/mol. The molecule has 7 heteroatoms. The summed E-state index contributed by atoms with van der Waals surface area (Å²) >= 11 is 9.43. The number of aromatic nitrogens is 1. The van der Waals surface area contributed by atoms with E-state index in [0.29, 0.717) is 29.7 Å². The number of nitrogens with zero attached hydrogens (tertiary/aromatic N) is 2. The third kappa shape index (κ3) is 2.32. The van der Waals surface area contributed by atoms with Crippen LogP contribution in [-0.2, 0) is 12.8 Å². The molecule has 0 N–H and O–H groups in total. The van der Waals surface area contributed by atoms with Gasteiger partial charge in [-0.2, -0.15) is 0 Å². The second-order valence-electron chi connectivity index (χ2n) is 5.11. The number of ketones is 1. The molecule has 0 spiro atoms. The van der Waals surface area contributed by atoms with Crippen molar-refractivity contribution < 1.29 is 9.72 Å². The van der Waals surface area contributed by atoms with Gasteiger partial charge in [0.1, 0.15) is 10.7 Å². The molecule has 1 aromatic carbocycles. The first-order valence-corrected chi connectivity index (χ1v) is 7.72. The third-order valence-corrected chi connectivity index (χ3v) is 4.76. The van der Waals surface area contributed by atoms with Gasteiger partial charge in [-0.3, -0.25) is 19.9 Å². The number of hydrogen-bond donors (Lipinski definition) is 0. The van der Waals surface area contributed by atoms with E-state index >= 15 is 0 Å². The summed E-state index contributed by atoms with van der Waals surface area (Å²) in [5.41, 5.74) is 2.60. The minimum atomic E-state index is -0.566. The molecule has 0 amide bonds. The van der Waals surface area contributed by atoms with E-state index in [1.54, 1.807) is 13.1 Å². The fourth-order valence-electron chi connectivity index (χ4n) is 2.73. The van der Waals surface area contributed by atoms with E-state index in [9.17, 15) is 14.9 Å². The second-order valence-corrected chi connectivity index (χ2v) is 6.40. The van der Waals surface area contributed by atoms with E-state index in [-0.39, 0.29) is 16.5 Å². The van der Waals surface area contributed by atoms with Crippen molar-refractivity contribution in [2.24, 2.45) is 0 Å². The first kappa shape index (κ1) is 15.1. The van der Waals surface area contributed by atoms with Gasteiger partial charge in [0.05, 0.1) is 4.92 Å². The van der Waals surface area contributed by atoms with Gasteiger partial charge in [0, 0.05) is 22.3 Å². The normalized spacial score (nSPS) is 13.3. The number of halogens is 2. The highest BCUT2D eigenvalue weighted by Crippen LogP contribution is 2.36. The van der Waals surface area contributed by atoms with Crippen LogP contribution in [0.25, 0.3) is 0 Å². The Bertz CT molecular complexity index is 836. The molecular formula is C15H10BrClN2O3. The first-order chi connectivity index (χ1) is 10.4. The summed E-state index contributed by atoms with van der Waals surface area (Å²) in [6.07, 6.45) is 2.78. The van der Waals surface area contributed by atoms with Crippen molar-refractivity contribution in [3.8, 4) is 0 Å². The molecule has 0 atom stereocenters. The highest BCUT2D eigenvalue weighted by Gasteiger charge is 2.29. The number of carbonyl (C=O) groups excluding carboxylic acids is 1. The summed E-state index contributed by atoms with van der Waals surface area (Å²) in [5.74, 6) is -0.294. The molecule has 1 heterocycles. The average Bonchev–Trinajstić information content (AvgIpc) is 2.60. The molecular weight excluding hydrogens is 372 g/mol. The number of aryl methyl sites for hydroxylation is 1. The van der Waals surface area contributed by atoms with Crippen molar-refractivity contribution in [1.29, 1.82) is 0 Å². The van der Waals surface area contributed by atoms with E-state index in [1.165, 1.54) is 6.07 Å². The Labute approximate surface area is 139 Å². The average molecular weight is 382 g/mol. The summed E-state index contributed by atoms with van der Waals surface area (Å²) in [4.78, 5) is 27.5. The van der Waals surface area contributed by atoms with Crippen LogP contribution >= 0.6 is 27.5 Å². The van der Waals surface area contributed by atoms with E-state index in [0.717, 1.165) is 15.6 Å². The van der Waals surface area contributed by atoms with Gasteiger partial charge >= 0.3 is 0 Å². The molecule has 22 heavy (non-hydrogen) atoms. The zero-order valence-electron chi connectivity index (χ0n) is 11.5. The van der Waals surface area contributed by atoms with Crippen LogP contribution in [0.15, 0.2) is 22.8 Å². The maximum atomic E-state index is 12.7. The summed E-state index contributed by atoms with van der Waals surface area (Å²) in [6, 6.07) is 3.13. The van der Waals surface area contributed by atoms with Crippen molar-refractivity contribution in [3.63, 3.8) is 0 Å². The Morgan fingerprint density at radius 1 is 1.36 bits per heavy atom. The van der Waals surface area contributed by atoms with E-state index in [4.69, 9.17) is 11.6 Å². The van der Waals surface area contributed by atoms with Crippen LogP contribution in [0.2, 0.25) is 5.02 Å². The molecule has 0 radical (unpaired) electrons. The molecule has 0 aliphatic heterocycles. The van der Waals surface area contributed by atoms with Crippen LogP contribution in [-0.4, -0.2) is 15.7 Å². The van der Waals surface area contributed by atoms with Crippen LogP contribution in [0.3, 0.4) is 0 Å². The number of pyridine rings is 1. The van der Waals surface area contributed by atoms with Crippen molar-refractivity contribution in [1.82, 2.24) is 4.98 Å². The van der Waals surface area contributed by atoms with Gasteiger partial charge in [0.15, 0.2) is 0 Å². The number of hydrogen-bond acceptors (Lipinski definition) is 4. The van der Waals surface area contributed by atoms with Gasteiger partial charge in [-0.15, -0.1) is 0 Å². The number of rotatable bonds is 1. The summed E-state index contributed by atoms with van der Waals surface area (Å²) in [6.45, 7) is 1.71. The third-order valence-electron chi connectivity index (χ3n) is 3.85. The van der Waals surface area contributed by atoms with Crippen molar-refractivity contribution in [3.05, 3.63) is 65.9 Å². The van der Waals surface area contributed by atoms with Crippen molar-refractivity contribution in [2.45, 2.75) is 19.8 Å². The Balaban J connectivity index is 2.27. The smallest absolute Gasteiger partial charge is 0.287 e. The summed E-state index contributed by atoms with van der Waals surface area (Å²) in [7, 11) is 0. The lowest BCUT2D eigenvalue weighted by molar-refractivity contribution is -0.384. The van der Waals surface area contributed by atoms with Gasteiger partial charge in [0.25, 0.3) is 5.69 Å². The molecule has 0 bridgehead atoms. The van der Waals surface area contributed by atoms with E-state index in [2.05, 4.69) is 20.9 Å². The standard InChI is InChI=1S/C15H10BrClN2O3/c1-7-10-3-2-8-4-9(16)6-18-14(8)15(20)11(10)5-12(13(7)17)19(21)22/h4-6H,2-3H2,1H3. The summed E-state index contributed by atoms with van der Waals surface area (Å²) in [5, 5.41) is 11.2. The molecule has 5 nitrogen and oxygen atoms in total. The quantitative estimate of drug-likeness (QED) is 0.552. The number of nitro benzene ring substituents is 1. The Morgan fingerprint density at radius 3 is 2.77 bits per heavy atom. The van der Waals surface area contributed by atoms with Gasteiger partial charge in [0.2, 0.25) is 5.78 Å². The molecule has 0 saturated heterocycles. The van der Waals surface area contributed by atoms with E-state index in [1.807, 2.05) is 6.07 Å². The Morgan fingerprint density at radius 2 is 2.09 bits per heavy atom. The number of benzene rings is 1.